The third-order valence-corrected chi connectivity index (χ3v) is 3.61. The Balaban J connectivity index is 1.88. The number of hydrogen-bond acceptors (Lipinski definition) is 4. The summed E-state index contributed by atoms with van der Waals surface area (Å²) in [7, 11) is 0. The van der Waals surface area contributed by atoms with Crippen LogP contribution in [0.2, 0.25) is 5.02 Å². The fourth-order valence-corrected chi connectivity index (χ4v) is 2.17. The summed E-state index contributed by atoms with van der Waals surface area (Å²) in [5.41, 5.74) is 11.4. The summed E-state index contributed by atoms with van der Waals surface area (Å²) < 4.78 is 18.6. The molecule has 0 aliphatic heterocycles. The molecule has 8 nitrogen and oxygen atoms in total. The lowest BCUT2D eigenvalue weighted by atomic mass is 10.2. The van der Waals surface area contributed by atoms with Gasteiger partial charge in [0, 0.05) is 12.2 Å². The molecule has 0 spiro atoms. The maximum Gasteiger partial charge on any atom is 0.313 e. The van der Waals surface area contributed by atoms with Crippen molar-refractivity contribution in [2.45, 2.75) is 13.0 Å². The van der Waals surface area contributed by atoms with Crippen molar-refractivity contribution in [3.05, 3.63) is 52.7 Å². The van der Waals surface area contributed by atoms with Crippen molar-refractivity contribution in [2.24, 2.45) is 16.5 Å². The van der Waals surface area contributed by atoms with Crippen LogP contribution in [0.15, 0.2) is 39.9 Å². The summed E-state index contributed by atoms with van der Waals surface area (Å²) >= 11 is 5.56. The molecule has 0 unspecified atom stereocenters. The molecule has 0 bridgehead atoms. The number of benzene rings is 1. The lowest BCUT2D eigenvalue weighted by molar-refractivity contribution is -0.136. The molecule has 2 rings (SSSR count). The van der Waals surface area contributed by atoms with Crippen LogP contribution in [-0.2, 0) is 22.6 Å². The zero-order valence-electron chi connectivity index (χ0n) is 13.6. The van der Waals surface area contributed by atoms with Gasteiger partial charge < -0.3 is 26.5 Å². The molecule has 138 valence electrons. The summed E-state index contributed by atoms with van der Waals surface area (Å²) in [5, 5.41) is 4.61. The molecule has 2 aromatic rings. The predicted octanol–water partition coefficient (Wildman–Crippen LogP) is 1.14. The summed E-state index contributed by atoms with van der Waals surface area (Å²) in [5.74, 6) is -2.08. The van der Waals surface area contributed by atoms with Crippen molar-refractivity contribution >= 4 is 35.1 Å². The number of halogens is 2. The number of rotatable bonds is 6. The van der Waals surface area contributed by atoms with Gasteiger partial charge in [-0.15, -0.1) is 0 Å². The highest BCUT2D eigenvalue weighted by Gasteiger charge is 2.16. The van der Waals surface area contributed by atoms with Crippen molar-refractivity contribution in [2.75, 3.05) is 11.9 Å². The Morgan fingerprint density at radius 2 is 2.00 bits per heavy atom. The van der Waals surface area contributed by atoms with Gasteiger partial charge in [0.15, 0.2) is 5.96 Å². The molecule has 0 aliphatic rings. The van der Waals surface area contributed by atoms with Gasteiger partial charge in [0.1, 0.15) is 11.6 Å². The van der Waals surface area contributed by atoms with Crippen molar-refractivity contribution < 1.29 is 18.4 Å². The number of furan rings is 1. The molecule has 1 heterocycles. The van der Waals surface area contributed by atoms with Gasteiger partial charge >= 0.3 is 11.8 Å². The van der Waals surface area contributed by atoms with Crippen molar-refractivity contribution in [1.82, 2.24) is 5.32 Å². The average Bonchev–Trinajstić information content (AvgIpc) is 3.03. The molecule has 0 atom stereocenters. The van der Waals surface area contributed by atoms with Crippen molar-refractivity contribution in [3.8, 4) is 0 Å². The normalized spacial score (nSPS) is 10.2. The van der Waals surface area contributed by atoms with Crippen LogP contribution in [0.25, 0.3) is 0 Å². The molecular formula is C16H17ClFN5O3. The lowest BCUT2D eigenvalue weighted by Crippen LogP contribution is -2.35. The molecule has 10 heteroatoms. The zero-order valence-corrected chi connectivity index (χ0v) is 14.3. The largest absolute Gasteiger partial charge is 0.467 e. The van der Waals surface area contributed by atoms with E-state index in [1.165, 1.54) is 18.4 Å². The Hall–Kier alpha value is -3.07. The van der Waals surface area contributed by atoms with Crippen LogP contribution in [-0.4, -0.2) is 24.3 Å². The number of carbonyl (C=O) groups is 2. The number of nitrogens with one attached hydrogen (secondary N) is 2. The monoisotopic (exact) mass is 381 g/mol. The van der Waals surface area contributed by atoms with Gasteiger partial charge in [-0.1, -0.05) is 11.6 Å². The van der Waals surface area contributed by atoms with E-state index < -0.39 is 17.6 Å². The van der Waals surface area contributed by atoms with Gasteiger partial charge in [0.2, 0.25) is 0 Å². The maximum atomic E-state index is 13.3. The molecule has 0 radical (unpaired) electrons. The number of hydrogen-bond donors (Lipinski definition) is 4. The van der Waals surface area contributed by atoms with Crippen LogP contribution in [0.5, 0.6) is 0 Å². The van der Waals surface area contributed by atoms with Crippen LogP contribution in [0.1, 0.15) is 11.3 Å². The van der Waals surface area contributed by atoms with Gasteiger partial charge in [-0.3, -0.25) is 14.6 Å². The summed E-state index contributed by atoms with van der Waals surface area (Å²) in [6, 6.07) is 5.39. The Morgan fingerprint density at radius 3 is 2.69 bits per heavy atom. The van der Waals surface area contributed by atoms with Crippen molar-refractivity contribution in [1.29, 1.82) is 0 Å². The van der Waals surface area contributed by atoms with Gasteiger partial charge in [0.05, 0.1) is 17.8 Å². The molecule has 26 heavy (non-hydrogen) atoms. The number of amides is 2. The minimum absolute atomic E-state index is 0.00534. The van der Waals surface area contributed by atoms with E-state index in [1.54, 1.807) is 6.07 Å². The van der Waals surface area contributed by atoms with Gasteiger partial charge in [0.25, 0.3) is 0 Å². The van der Waals surface area contributed by atoms with E-state index >= 15 is 0 Å². The van der Waals surface area contributed by atoms with E-state index in [2.05, 4.69) is 15.6 Å². The van der Waals surface area contributed by atoms with Gasteiger partial charge in [-0.25, -0.2) is 4.39 Å². The zero-order chi connectivity index (χ0) is 19.1. The molecular weight excluding hydrogens is 365 g/mol. The van der Waals surface area contributed by atoms with E-state index in [4.69, 9.17) is 27.5 Å². The predicted molar refractivity (Wildman–Crippen MR) is 95.0 cm³/mol. The topological polar surface area (TPSA) is 136 Å². The van der Waals surface area contributed by atoms with E-state index in [1.807, 2.05) is 0 Å². The summed E-state index contributed by atoms with van der Waals surface area (Å²) in [6.07, 6.45) is 1.97. The van der Waals surface area contributed by atoms with E-state index in [0.29, 0.717) is 18.7 Å². The third-order valence-electron chi connectivity index (χ3n) is 3.31. The second-order valence-electron chi connectivity index (χ2n) is 5.19. The van der Waals surface area contributed by atoms with Crippen LogP contribution in [0.4, 0.5) is 10.1 Å². The molecule has 6 N–H and O–H groups in total. The summed E-state index contributed by atoms with van der Waals surface area (Å²) in [4.78, 5) is 27.6. The second-order valence-corrected chi connectivity index (χ2v) is 5.60. The highest BCUT2D eigenvalue weighted by Crippen LogP contribution is 2.18. The Kier molecular flexibility index (Phi) is 6.56. The van der Waals surface area contributed by atoms with Crippen LogP contribution in [0.3, 0.4) is 0 Å². The minimum Gasteiger partial charge on any atom is -0.467 e. The highest BCUT2D eigenvalue weighted by molar-refractivity contribution is 6.39. The Labute approximate surface area is 153 Å². The first kappa shape index (κ1) is 19.3. The molecule has 0 saturated carbocycles. The number of nitrogens with zero attached hydrogens (tertiary/aromatic N) is 1. The van der Waals surface area contributed by atoms with E-state index in [-0.39, 0.29) is 23.2 Å². The second kappa shape index (κ2) is 8.86. The quantitative estimate of drug-likeness (QED) is 0.338. The molecule has 0 fully saturated rings. The maximum absolute atomic E-state index is 13.3. The average molecular weight is 382 g/mol. The van der Waals surface area contributed by atoms with Gasteiger partial charge in [-0.05, 0) is 36.2 Å². The number of nitrogens with two attached hydrogens (primary N) is 2. The molecule has 2 amide bonds. The Bertz CT molecular complexity index is 833. The smallest absolute Gasteiger partial charge is 0.313 e. The van der Waals surface area contributed by atoms with Crippen LogP contribution in [0, 0.1) is 5.82 Å². The first-order valence-corrected chi connectivity index (χ1v) is 7.89. The molecule has 1 aromatic carbocycles. The molecule has 0 aliphatic carbocycles. The van der Waals surface area contributed by atoms with E-state index in [0.717, 1.165) is 11.6 Å². The first-order valence-electron chi connectivity index (χ1n) is 7.51. The number of guanidine groups is 1. The number of anilines is 1. The lowest BCUT2D eigenvalue weighted by Gasteiger charge is -2.07. The number of carbonyl (C=O) groups excluding carboxylic acids is 2. The fourth-order valence-electron chi connectivity index (χ4n) is 2.05. The Morgan fingerprint density at radius 1 is 1.23 bits per heavy atom. The van der Waals surface area contributed by atoms with Gasteiger partial charge in [-0.2, -0.15) is 0 Å². The molecule has 0 saturated heterocycles. The van der Waals surface area contributed by atoms with Crippen LogP contribution < -0.4 is 22.1 Å². The SMILES string of the molecule is NC(N)=NCCc1ccoc1CNC(=O)C(=O)Nc1ccc(Cl)c(F)c1. The first-order chi connectivity index (χ1) is 12.4. The highest BCUT2D eigenvalue weighted by atomic mass is 35.5. The standard InChI is InChI=1S/C16H17ClFN5O3/c17-11-2-1-10(7-12(11)18)23-15(25)14(24)22-8-13-9(4-6-26-13)3-5-21-16(19)20/h1-2,4,6-7H,3,5,8H2,(H,22,24)(H,23,25)(H4,19,20,21). The summed E-state index contributed by atoms with van der Waals surface area (Å²) in [6.45, 7) is 0.372. The number of aliphatic imine (C=N–C) groups is 1. The fraction of sp³-hybridized carbons (Fsp3) is 0.188. The van der Waals surface area contributed by atoms with Crippen molar-refractivity contribution in [3.63, 3.8) is 0 Å². The third kappa shape index (κ3) is 5.49. The van der Waals surface area contributed by atoms with E-state index in [9.17, 15) is 14.0 Å². The minimum atomic E-state index is -0.944. The molecule has 1 aromatic heterocycles. The van der Waals surface area contributed by atoms with Crippen LogP contribution >= 0.6 is 11.6 Å².